The molecule has 2 heterocycles. The molecule has 0 saturated heterocycles. The zero-order valence-electron chi connectivity index (χ0n) is 19.8. The van der Waals surface area contributed by atoms with Gasteiger partial charge in [-0.3, -0.25) is 9.78 Å². The maximum absolute atomic E-state index is 13.6. The number of carbonyl (C=O) groups excluding carboxylic acids is 2. The molecule has 0 amide bonds. The highest BCUT2D eigenvalue weighted by Gasteiger charge is 2.54. The highest BCUT2D eigenvalue weighted by atomic mass is 32.2. The molecule has 0 spiro atoms. The number of esters is 1. The maximum Gasteiger partial charge on any atom is 0.336 e. The second-order valence-electron chi connectivity index (χ2n) is 10.4. The molecule has 178 valence electrons. The summed E-state index contributed by atoms with van der Waals surface area (Å²) in [6, 6.07) is 5.99. The van der Waals surface area contributed by atoms with E-state index in [9.17, 15) is 14.9 Å². The van der Waals surface area contributed by atoms with Gasteiger partial charge in [-0.2, -0.15) is 5.26 Å². The number of nitrogens with one attached hydrogen (secondary N) is 1. The number of thioether (sulfide) groups is 1. The summed E-state index contributed by atoms with van der Waals surface area (Å²) in [7, 11) is 0. The number of pyridine rings is 1. The highest BCUT2D eigenvalue weighted by molar-refractivity contribution is 8.03. The minimum Gasteiger partial charge on any atom is -0.463 e. The number of nitrogens with zero attached hydrogens (tertiary/aromatic N) is 2. The fourth-order valence-corrected chi connectivity index (χ4v) is 8.25. The Kier molecular flexibility index (Phi) is 6.28. The third-order valence-corrected chi connectivity index (χ3v) is 9.16. The number of Topliss-reactive ketones (excluding diaryl/α,β-unsaturated/α-hetero) is 1. The van der Waals surface area contributed by atoms with Crippen LogP contribution in [0.1, 0.15) is 63.9 Å². The Labute approximate surface area is 205 Å². The van der Waals surface area contributed by atoms with Crippen LogP contribution in [0.3, 0.4) is 0 Å². The summed E-state index contributed by atoms with van der Waals surface area (Å²) in [6.45, 7) is 3.84. The van der Waals surface area contributed by atoms with Crippen molar-refractivity contribution in [3.8, 4) is 6.07 Å². The van der Waals surface area contributed by atoms with Crippen molar-refractivity contribution < 1.29 is 14.3 Å². The van der Waals surface area contributed by atoms with Gasteiger partial charge < -0.3 is 10.1 Å². The Morgan fingerprint density at radius 2 is 1.91 bits per heavy atom. The second-order valence-corrected chi connectivity index (χ2v) is 11.4. The summed E-state index contributed by atoms with van der Waals surface area (Å²) < 4.78 is 5.32. The van der Waals surface area contributed by atoms with E-state index in [-0.39, 0.29) is 12.0 Å². The molecule has 0 aromatic carbocycles. The van der Waals surface area contributed by atoms with Gasteiger partial charge >= 0.3 is 5.97 Å². The predicted molar refractivity (Wildman–Crippen MR) is 130 cm³/mol. The Morgan fingerprint density at radius 3 is 2.47 bits per heavy atom. The van der Waals surface area contributed by atoms with Crippen LogP contribution in [0.15, 0.2) is 46.4 Å². The largest absolute Gasteiger partial charge is 0.463 e. The molecule has 4 aliphatic carbocycles. The molecule has 6 rings (SSSR count). The number of nitriles is 1. The number of ether oxygens (including phenoxy) is 1. The topological polar surface area (TPSA) is 92.1 Å². The van der Waals surface area contributed by atoms with E-state index in [1.807, 2.05) is 13.0 Å². The summed E-state index contributed by atoms with van der Waals surface area (Å²) in [5.41, 5.74) is 2.10. The number of carbonyl (C=O) groups is 2. The lowest BCUT2D eigenvalue weighted by Crippen LogP contribution is -2.50. The smallest absolute Gasteiger partial charge is 0.336 e. The molecule has 0 radical (unpaired) electrons. The van der Waals surface area contributed by atoms with E-state index in [1.54, 1.807) is 25.4 Å². The first-order chi connectivity index (χ1) is 16.4. The summed E-state index contributed by atoms with van der Waals surface area (Å²) in [5, 5.41) is 14.1. The molecule has 4 saturated carbocycles. The van der Waals surface area contributed by atoms with Gasteiger partial charge in [-0.1, -0.05) is 17.8 Å². The molecule has 1 aliphatic heterocycles. The molecule has 4 fully saturated rings. The van der Waals surface area contributed by atoms with Crippen LogP contribution < -0.4 is 5.32 Å². The molecule has 7 heteroatoms. The standard InChI is InChI=1S/C27H31N3O3S/c1-3-33-26(32)23-16(2)30-25(21(13-28)24(23)20-5-4-6-29-14-20)34-15-22(31)27-10-17-7-18(11-27)9-19(8-17)12-27/h4-6,14,17-19,24,30H,3,7-12,15H2,1-2H3. The van der Waals surface area contributed by atoms with Crippen LogP contribution in [-0.4, -0.2) is 29.1 Å². The first kappa shape index (κ1) is 23.2. The number of hydrogen-bond donors (Lipinski definition) is 1. The average molecular weight is 478 g/mol. The monoisotopic (exact) mass is 477 g/mol. The number of aromatic nitrogens is 1. The van der Waals surface area contributed by atoms with Gasteiger partial charge in [0, 0.05) is 23.5 Å². The van der Waals surface area contributed by atoms with Crippen LogP contribution in [0, 0.1) is 34.5 Å². The Hall–Kier alpha value is -2.59. The lowest BCUT2D eigenvalue weighted by atomic mass is 9.48. The molecule has 34 heavy (non-hydrogen) atoms. The molecular formula is C27H31N3O3S. The summed E-state index contributed by atoms with van der Waals surface area (Å²) in [4.78, 5) is 30.6. The van der Waals surface area contributed by atoms with Gasteiger partial charge in [0.05, 0.1) is 40.5 Å². The predicted octanol–water partition coefficient (Wildman–Crippen LogP) is 4.86. The number of allylic oxidation sites excluding steroid dienone is 2. The number of hydrogen-bond acceptors (Lipinski definition) is 7. The van der Waals surface area contributed by atoms with Crippen molar-refractivity contribution in [1.82, 2.24) is 10.3 Å². The molecular weight excluding hydrogens is 446 g/mol. The van der Waals surface area contributed by atoms with Crippen molar-refractivity contribution in [1.29, 1.82) is 5.26 Å². The summed E-state index contributed by atoms with van der Waals surface area (Å²) >= 11 is 1.41. The molecule has 5 aliphatic rings. The quantitative estimate of drug-likeness (QED) is 0.561. The molecule has 1 unspecified atom stereocenters. The lowest BCUT2D eigenvalue weighted by molar-refractivity contribution is -0.141. The number of ketones is 1. The van der Waals surface area contributed by atoms with Crippen molar-refractivity contribution in [3.05, 3.63) is 52.0 Å². The molecule has 6 nitrogen and oxygen atoms in total. The van der Waals surface area contributed by atoms with E-state index in [4.69, 9.17) is 4.74 Å². The third kappa shape index (κ3) is 4.07. The molecule has 1 N–H and O–H groups in total. The fraction of sp³-hybridized carbons (Fsp3) is 0.556. The van der Waals surface area contributed by atoms with Gasteiger partial charge in [-0.05, 0) is 81.8 Å². The van der Waals surface area contributed by atoms with Crippen LogP contribution >= 0.6 is 11.8 Å². The minimum absolute atomic E-state index is 0.159. The zero-order valence-corrected chi connectivity index (χ0v) is 20.6. The van der Waals surface area contributed by atoms with Gasteiger partial charge in [-0.25, -0.2) is 4.79 Å². The van der Waals surface area contributed by atoms with Crippen LogP contribution in [0.25, 0.3) is 0 Å². The van der Waals surface area contributed by atoms with E-state index in [2.05, 4.69) is 16.4 Å². The number of rotatable bonds is 7. The Balaban J connectivity index is 1.41. The molecule has 1 atom stereocenters. The first-order valence-corrected chi connectivity index (χ1v) is 13.3. The SMILES string of the molecule is CCOC(=O)C1=C(C)NC(SCC(=O)C23CC4CC(CC(C4)C2)C3)=C(C#N)C1c1cccnc1. The van der Waals surface area contributed by atoms with Crippen molar-refractivity contribution in [2.45, 2.75) is 58.3 Å². The Morgan fingerprint density at radius 1 is 1.24 bits per heavy atom. The van der Waals surface area contributed by atoms with Gasteiger partial charge in [0.25, 0.3) is 0 Å². The van der Waals surface area contributed by atoms with Crippen LogP contribution in [0.2, 0.25) is 0 Å². The fourth-order valence-electron chi connectivity index (χ4n) is 7.13. The Bertz CT molecular complexity index is 1070. The van der Waals surface area contributed by atoms with Crippen molar-refractivity contribution in [3.63, 3.8) is 0 Å². The highest BCUT2D eigenvalue weighted by Crippen LogP contribution is 2.60. The van der Waals surface area contributed by atoms with Crippen molar-refractivity contribution >= 4 is 23.5 Å². The second kappa shape index (κ2) is 9.22. The van der Waals surface area contributed by atoms with E-state index in [1.165, 1.54) is 31.0 Å². The van der Waals surface area contributed by atoms with Crippen LogP contribution in [-0.2, 0) is 14.3 Å². The minimum atomic E-state index is -0.573. The van der Waals surface area contributed by atoms with E-state index >= 15 is 0 Å². The van der Waals surface area contributed by atoms with E-state index < -0.39 is 11.9 Å². The lowest BCUT2D eigenvalue weighted by Gasteiger charge is -2.56. The van der Waals surface area contributed by atoms with Crippen LogP contribution in [0.4, 0.5) is 0 Å². The normalized spacial score (nSPS) is 31.8. The van der Waals surface area contributed by atoms with Gasteiger partial charge in [0.1, 0.15) is 5.78 Å². The van der Waals surface area contributed by atoms with Crippen LogP contribution in [0.5, 0.6) is 0 Å². The van der Waals surface area contributed by atoms with Gasteiger partial charge in [0.2, 0.25) is 0 Å². The average Bonchev–Trinajstić information content (AvgIpc) is 2.81. The maximum atomic E-state index is 13.6. The first-order valence-electron chi connectivity index (χ1n) is 12.3. The van der Waals surface area contributed by atoms with Crippen molar-refractivity contribution in [2.24, 2.45) is 23.2 Å². The summed E-state index contributed by atoms with van der Waals surface area (Å²) in [5.74, 6) is 1.82. The van der Waals surface area contributed by atoms with E-state index in [0.29, 0.717) is 51.2 Å². The third-order valence-electron chi connectivity index (χ3n) is 8.14. The summed E-state index contributed by atoms with van der Waals surface area (Å²) in [6.07, 6.45) is 10.4. The molecule has 1 aromatic rings. The molecule has 1 aromatic heterocycles. The van der Waals surface area contributed by atoms with E-state index in [0.717, 1.165) is 24.8 Å². The number of dihydropyridines is 1. The zero-order chi connectivity index (χ0) is 23.9. The van der Waals surface area contributed by atoms with Gasteiger partial charge in [0.15, 0.2) is 0 Å². The van der Waals surface area contributed by atoms with Crippen molar-refractivity contribution in [2.75, 3.05) is 12.4 Å². The van der Waals surface area contributed by atoms with Gasteiger partial charge in [-0.15, -0.1) is 0 Å². The molecule has 4 bridgehead atoms.